The Bertz CT molecular complexity index is 347. The molecule has 2 rings (SSSR count). The Kier molecular flexibility index (Phi) is 1.88. The van der Waals surface area contributed by atoms with Crippen molar-refractivity contribution in [3.05, 3.63) is 22.3 Å². The molecule has 0 radical (unpaired) electrons. The molecule has 0 amide bonds. The molecule has 1 aliphatic heterocycles. The zero-order valence-corrected chi connectivity index (χ0v) is 9.72. The van der Waals surface area contributed by atoms with Gasteiger partial charge in [0.25, 0.3) is 0 Å². The summed E-state index contributed by atoms with van der Waals surface area (Å²) in [6.07, 6.45) is 1.86. The highest BCUT2D eigenvalue weighted by Gasteiger charge is 2.34. The fraction of sp³-hybridized carbons (Fsp3) is 0.500. The summed E-state index contributed by atoms with van der Waals surface area (Å²) in [6.45, 7) is 5.55. The predicted octanol–water partition coefficient (Wildman–Crippen LogP) is 2.57. The van der Waals surface area contributed by atoms with Crippen LogP contribution in [0.5, 0.6) is 0 Å². The van der Waals surface area contributed by atoms with Gasteiger partial charge in [0, 0.05) is 35.2 Å². The highest BCUT2D eigenvalue weighted by molar-refractivity contribution is 9.10. The van der Waals surface area contributed by atoms with Crippen LogP contribution >= 0.6 is 15.9 Å². The lowest BCUT2D eigenvalue weighted by molar-refractivity contribution is 0.563. The molecule has 1 aromatic rings. The van der Waals surface area contributed by atoms with Crippen LogP contribution in [0.4, 0.5) is 5.82 Å². The summed E-state index contributed by atoms with van der Waals surface area (Å²) in [5, 5.41) is 0. The molecule has 0 saturated heterocycles. The third-order valence-corrected chi connectivity index (χ3v) is 2.99. The molecule has 0 spiro atoms. The molecule has 1 aliphatic rings. The van der Waals surface area contributed by atoms with Gasteiger partial charge in [0.05, 0.1) is 0 Å². The summed E-state index contributed by atoms with van der Waals surface area (Å²) < 4.78 is 1.06. The highest BCUT2D eigenvalue weighted by atomic mass is 79.9. The largest absolute Gasteiger partial charge is 0.359 e. The first kappa shape index (κ1) is 9.00. The van der Waals surface area contributed by atoms with E-state index in [-0.39, 0.29) is 5.41 Å². The van der Waals surface area contributed by atoms with Crippen molar-refractivity contribution in [3.8, 4) is 0 Å². The number of anilines is 1. The Hall–Kier alpha value is -0.570. The predicted molar refractivity (Wildman–Crippen MR) is 58.2 cm³/mol. The van der Waals surface area contributed by atoms with Gasteiger partial charge in [-0.15, -0.1) is 0 Å². The maximum absolute atomic E-state index is 4.41. The number of hydrogen-bond donors (Lipinski definition) is 0. The number of pyridine rings is 1. The normalized spacial score (nSPS) is 18.9. The Morgan fingerprint density at radius 1 is 1.54 bits per heavy atom. The molecule has 0 atom stereocenters. The minimum Gasteiger partial charge on any atom is -0.359 e. The van der Waals surface area contributed by atoms with Crippen LogP contribution in [0.1, 0.15) is 19.4 Å². The van der Waals surface area contributed by atoms with Crippen LogP contribution in [0.3, 0.4) is 0 Å². The lowest BCUT2D eigenvalue weighted by atomic mass is 9.88. The Labute approximate surface area is 87.1 Å². The van der Waals surface area contributed by atoms with Gasteiger partial charge < -0.3 is 4.90 Å². The zero-order chi connectivity index (χ0) is 9.64. The van der Waals surface area contributed by atoms with Gasteiger partial charge in [-0.1, -0.05) is 13.8 Å². The Morgan fingerprint density at radius 3 is 2.92 bits per heavy atom. The molecule has 0 unspecified atom stereocenters. The van der Waals surface area contributed by atoms with Gasteiger partial charge in [0.15, 0.2) is 0 Å². The van der Waals surface area contributed by atoms with Crippen molar-refractivity contribution in [2.24, 2.45) is 0 Å². The summed E-state index contributed by atoms with van der Waals surface area (Å²) in [5.41, 5.74) is 1.56. The second-order valence-electron chi connectivity index (χ2n) is 4.26. The van der Waals surface area contributed by atoms with Crippen molar-refractivity contribution in [3.63, 3.8) is 0 Å². The molecule has 70 valence electrons. The smallest absolute Gasteiger partial charge is 0.132 e. The molecule has 3 heteroatoms. The van der Waals surface area contributed by atoms with Crippen LogP contribution in [0.25, 0.3) is 0 Å². The van der Waals surface area contributed by atoms with Crippen molar-refractivity contribution in [1.82, 2.24) is 4.98 Å². The van der Waals surface area contributed by atoms with Crippen molar-refractivity contribution in [2.75, 3.05) is 18.5 Å². The molecule has 0 aliphatic carbocycles. The van der Waals surface area contributed by atoms with E-state index in [2.05, 4.69) is 52.8 Å². The monoisotopic (exact) mass is 240 g/mol. The average molecular weight is 241 g/mol. The van der Waals surface area contributed by atoms with Crippen LogP contribution in [-0.4, -0.2) is 18.6 Å². The minimum absolute atomic E-state index is 0.223. The first-order valence-electron chi connectivity index (χ1n) is 4.38. The molecule has 2 nitrogen and oxygen atoms in total. The fourth-order valence-corrected chi connectivity index (χ4v) is 2.32. The second-order valence-corrected chi connectivity index (χ2v) is 5.18. The molecule has 0 N–H and O–H groups in total. The van der Waals surface area contributed by atoms with E-state index < -0.39 is 0 Å². The minimum atomic E-state index is 0.223. The van der Waals surface area contributed by atoms with E-state index in [0.717, 1.165) is 16.8 Å². The van der Waals surface area contributed by atoms with Gasteiger partial charge in [-0.3, -0.25) is 0 Å². The van der Waals surface area contributed by atoms with E-state index in [4.69, 9.17) is 0 Å². The summed E-state index contributed by atoms with van der Waals surface area (Å²) in [6, 6.07) is 2.17. The number of nitrogens with zero attached hydrogens (tertiary/aromatic N) is 2. The summed E-state index contributed by atoms with van der Waals surface area (Å²) in [7, 11) is 2.09. The summed E-state index contributed by atoms with van der Waals surface area (Å²) >= 11 is 3.46. The third-order valence-electron chi connectivity index (χ3n) is 2.56. The molecule has 1 aromatic heterocycles. The highest BCUT2D eigenvalue weighted by Crippen LogP contribution is 2.38. The number of hydrogen-bond acceptors (Lipinski definition) is 2. The Morgan fingerprint density at radius 2 is 2.23 bits per heavy atom. The number of aromatic nitrogens is 1. The van der Waals surface area contributed by atoms with E-state index in [1.54, 1.807) is 0 Å². The van der Waals surface area contributed by atoms with Gasteiger partial charge >= 0.3 is 0 Å². The van der Waals surface area contributed by atoms with Crippen LogP contribution < -0.4 is 4.90 Å². The Balaban J connectivity index is 2.60. The van der Waals surface area contributed by atoms with Gasteiger partial charge in [-0.25, -0.2) is 4.98 Å². The first-order chi connectivity index (χ1) is 6.00. The van der Waals surface area contributed by atoms with Crippen LogP contribution in [-0.2, 0) is 5.41 Å². The summed E-state index contributed by atoms with van der Waals surface area (Å²) in [5.74, 6) is 1.12. The molecular weight excluding hydrogens is 228 g/mol. The van der Waals surface area contributed by atoms with Crippen molar-refractivity contribution < 1.29 is 0 Å². The second kappa shape index (κ2) is 2.71. The molecule has 0 fully saturated rings. The van der Waals surface area contributed by atoms with Crippen molar-refractivity contribution in [2.45, 2.75) is 19.3 Å². The van der Waals surface area contributed by atoms with Crippen LogP contribution in [0.15, 0.2) is 16.7 Å². The first-order valence-corrected chi connectivity index (χ1v) is 5.17. The number of halogens is 1. The van der Waals surface area contributed by atoms with Gasteiger partial charge in [0.2, 0.25) is 0 Å². The molecule has 0 aromatic carbocycles. The maximum atomic E-state index is 4.41. The van der Waals surface area contributed by atoms with E-state index in [1.807, 2.05) is 6.20 Å². The van der Waals surface area contributed by atoms with Crippen LogP contribution in [0, 0.1) is 0 Å². The zero-order valence-electron chi connectivity index (χ0n) is 8.13. The average Bonchev–Trinajstić information content (AvgIpc) is 2.23. The van der Waals surface area contributed by atoms with E-state index >= 15 is 0 Å². The molecule has 0 bridgehead atoms. The quantitative estimate of drug-likeness (QED) is 0.694. The standard InChI is InChI=1S/C10H13BrN2/c1-10(2)6-13(3)9-8(10)4-7(11)5-12-9/h4-5H,6H2,1-3H3. The molecular formula is C10H13BrN2. The van der Waals surface area contributed by atoms with E-state index in [1.165, 1.54) is 5.56 Å². The number of likely N-dealkylation sites (N-methyl/N-ethyl adjacent to an activating group) is 1. The lowest BCUT2D eigenvalue weighted by Gasteiger charge is -2.17. The van der Waals surface area contributed by atoms with E-state index in [9.17, 15) is 0 Å². The molecule has 0 saturated carbocycles. The van der Waals surface area contributed by atoms with Gasteiger partial charge in [-0.2, -0.15) is 0 Å². The maximum Gasteiger partial charge on any atom is 0.132 e. The fourth-order valence-electron chi connectivity index (χ4n) is 1.99. The van der Waals surface area contributed by atoms with Crippen LogP contribution in [0.2, 0.25) is 0 Å². The molecule has 13 heavy (non-hydrogen) atoms. The lowest BCUT2D eigenvalue weighted by Crippen LogP contribution is -2.25. The third kappa shape index (κ3) is 1.35. The van der Waals surface area contributed by atoms with Crippen molar-refractivity contribution >= 4 is 21.7 Å². The number of rotatable bonds is 0. The van der Waals surface area contributed by atoms with Crippen molar-refractivity contribution in [1.29, 1.82) is 0 Å². The number of fused-ring (bicyclic) bond motifs is 1. The van der Waals surface area contributed by atoms with E-state index in [0.29, 0.717) is 0 Å². The van der Waals surface area contributed by atoms with Gasteiger partial charge in [-0.05, 0) is 22.0 Å². The molecule has 2 heterocycles. The topological polar surface area (TPSA) is 16.1 Å². The van der Waals surface area contributed by atoms with Gasteiger partial charge in [0.1, 0.15) is 5.82 Å². The summed E-state index contributed by atoms with van der Waals surface area (Å²) in [4.78, 5) is 6.62. The SMILES string of the molecule is CN1CC(C)(C)c2cc(Br)cnc21.